The number of thiocarbonyl (C=S) groups is 1. The fourth-order valence-electron chi connectivity index (χ4n) is 5.19. The van der Waals surface area contributed by atoms with E-state index >= 15 is 0 Å². The highest BCUT2D eigenvalue weighted by molar-refractivity contribution is 7.80. The van der Waals surface area contributed by atoms with Gasteiger partial charge in [0.1, 0.15) is 5.82 Å². The summed E-state index contributed by atoms with van der Waals surface area (Å²) in [6.07, 6.45) is 2.81. The van der Waals surface area contributed by atoms with Crippen LogP contribution in [0.5, 0.6) is 0 Å². The third-order valence-electron chi connectivity index (χ3n) is 7.06. The molecule has 0 radical (unpaired) electrons. The van der Waals surface area contributed by atoms with E-state index in [1.54, 1.807) is 0 Å². The number of nitrogens with one attached hydrogen (secondary N) is 2. The second kappa shape index (κ2) is 10.9. The van der Waals surface area contributed by atoms with Crippen LogP contribution in [0.25, 0.3) is 0 Å². The smallest absolute Gasteiger partial charge is 0.361 e. The molecule has 0 bridgehead atoms. The van der Waals surface area contributed by atoms with Crippen molar-refractivity contribution in [3.63, 3.8) is 0 Å². The summed E-state index contributed by atoms with van der Waals surface area (Å²) in [6, 6.07) is 8.91. The summed E-state index contributed by atoms with van der Waals surface area (Å²) in [5, 5.41) is 6.94. The normalized spacial score (nSPS) is 20.4. The second-order valence-electron chi connectivity index (χ2n) is 9.78. The molecule has 1 aromatic carbocycles. The molecular formula is C25H31ClF3N5S. The van der Waals surface area contributed by atoms with Gasteiger partial charge in [-0.15, -0.1) is 0 Å². The lowest BCUT2D eigenvalue weighted by molar-refractivity contribution is -0.141. The van der Waals surface area contributed by atoms with Crippen LogP contribution < -0.4 is 15.5 Å². The minimum atomic E-state index is -4.58. The van der Waals surface area contributed by atoms with Crippen LogP contribution in [0.1, 0.15) is 63.1 Å². The number of hydrogen-bond donors (Lipinski definition) is 2. The molecule has 1 unspecified atom stereocenters. The molecule has 2 fully saturated rings. The minimum Gasteiger partial charge on any atom is -0.361 e. The molecule has 1 saturated heterocycles. The van der Waals surface area contributed by atoms with Gasteiger partial charge in [0, 0.05) is 36.1 Å². The number of piperidine rings is 1. The van der Waals surface area contributed by atoms with Crippen molar-refractivity contribution in [2.75, 3.05) is 29.9 Å². The SMILES string of the molecule is CC1CCCN(c2cc(C(F)(F)F)nc(NC(=S)NCC3(c4ccc(Cl)cc4)CCCCC3)n2)C1. The lowest BCUT2D eigenvalue weighted by Gasteiger charge is -2.38. The number of rotatable bonds is 5. The van der Waals surface area contributed by atoms with Crippen molar-refractivity contribution < 1.29 is 13.2 Å². The van der Waals surface area contributed by atoms with Gasteiger partial charge in [0.2, 0.25) is 5.95 Å². The summed E-state index contributed by atoms with van der Waals surface area (Å²) >= 11 is 11.6. The number of anilines is 2. The fraction of sp³-hybridized carbons (Fsp3) is 0.560. The highest BCUT2D eigenvalue weighted by Gasteiger charge is 2.36. The topological polar surface area (TPSA) is 53.1 Å². The van der Waals surface area contributed by atoms with Crippen LogP contribution in [0, 0.1) is 5.92 Å². The first-order valence-corrected chi connectivity index (χ1v) is 13.0. The summed E-state index contributed by atoms with van der Waals surface area (Å²) in [5.74, 6) is 0.524. The van der Waals surface area contributed by atoms with E-state index < -0.39 is 11.9 Å². The molecule has 1 atom stereocenters. The molecule has 2 aromatic rings. The summed E-state index contributed by atoms with van der Waals surface area (Å²) in [4.78, 5) is 10.0. The molecule has 35 heavy (non-hydrogen) atoms. The van der Waals surface area contributed by atoms with Crippen molar-refractivity contribution in [3.8, 4) is 0 Å². The van der Waals surface area contributed by atoms with Gasteiger partial charge in [-0.3, -0.25) is 0 Å². The number of benzene rings is 1. The molecule has 0 amide bonds. The van der Waals surface area contributed by atoms with Crippen molar-refractivity contribution in [3.05, 3.63) is 46.6 Å². The largest absolute Gasteiger partial charge is 0.433 e. The quantitative estimate of drug-likeness (QED) is 0.430. The Morgan fingerprint density at radius 1 is 1.14 bits per heavy atom. The van der Waals surface area contributed by atoms with Gasteiger partial charge in [-0.2, -0.15) is 18.2 Å². The molecule has 2 N–H and O–H groups in total. The van der Waals surface area contributed by atoms with Gasteiger partial charge < -0.3 is 15.5 Å². The Hall–Kier alpha value is -2.13. The lowest BCUT2D eigenvalue weighted by atomic mass is 9.69. The monoisotopic (exact) mass is 525 g/mol. The standard InChI is InChI=1S/C25H31ClF3N5S/c1-17-6-5-13-34(15-17)21-14-20(25(27,28)29)31-22(32-21)33-23(35)30-16-24(11-3-2-4-12-24)18-7-9-19(26)10-8-18/h7-10,14,17H,2-6,11-13,15-16H2,1H3,(H2,30,31,32,33,35). The fourth-order valence-corrected chi connectivity index (χ4v) is 5.48. The summed E-state index contributed by atoms with van der Waals surface area (Å²) in [6.45, 7) is 4.00. The van der Waals surface area contributed by atoms with Crippen LogP contribution >= 0.6 is 23.8 Å². The van der Waals surface area contributed by atoms with Crippen molar-refractivity contribution in [1.29, 1.82) is 0 Å². The first-order chi connectivity index (χ1) is 16.6. The Morgan fingerprint density at radius 3 is 2.51 bits per heavy atom. The van der Waals surface area contributed by atoms with Crippen molar-refractivity contribution in [1.82, 2.24) is 15.3 Å². The summed E-state index contributed by atoms with van der Waals surface area (Å²) in [7, 11) is 0. The Bertz CT molecular complexity index is 1020. The molecule has 1 aliphatic carbocycles. The Balaban J connectivity index is 1.50. The first-order valence-electron chi connectivity index (χ1n) is 12.2. The van der Waals surface area contributed by atoms with Gasteiger partial charge >= 0.3 is 6.18 Å². The van der Waals surface area contributed by atoms with Crippen molar-refractivity contribution in [2.24, 2.45) is 5.92 Å². The van der Waals surface area contributed by atoms with E-state index in [9.17, 15) is 13.2 Å². The average molecular weight is 526 g/mol. The summed E-state index contributed by atoms with van der Waals surface area (Å²) < 4.78 is 40.8. The van der Waals surface area contributed by atoms with Crippen LogP contribution in [0.4, 0.5) is 24.9 Å². The average Bonchev–Trinajstić information content (AvgIpc) is 2.83. The zero-order valence-corrected chi connectivity index (χ0v) is 21.4. The third-order valence-corrected chi connectivity index (χ3v) is 7.56. The van der Waals surface area contributed by atoms with E-state index in [2.05, 4.69) is 27.5 Å². The Labute approximate surface area is 214 Å². The van der Waals surface area contributed by atoms with Crippen LogP contribution in [-0.4, -0.2) is 34.7 Å². The van der Waals surface area contributed by atoms with Crippen LogP contribution in [0.15, 0.2) is 30.3 Å². The third kappa shape index (κ3) is 6.55. The molecule has 1 aromatic heterocycles. The van der Waals surface area contributed by atoms with Gasteiger partial charge in [0.25, 0.3) is 0 Å². The maximum atomic E-state index is 13.6. The van der Waals surface area contributed by atoms with E-state index in [1.165, 1.54) is 12.0 Å². The molecule has 2 heterocycles. The van der Waals surface area contributed by atoms with E-state index in [0.717, 1.165) is 44.6 Å². The van der Waals surface area contributed by atoms with E-state index in [0.29, 0.717) is 30.6 Å². The first kappa shape index (κ1) is 25.9. The molecular weight excluding hydrogens is 495 g/mol. The van der Waals surface area contributed by atoms with Gasteiger partial charge in [0.05, 0.1) is 0 Å². The zero-order chi connectivity index (χ0) is 25.1. The predicted octanol–water partition coefficient (Wildman–Crippen LogP) is 6.57. The Kier molecular flexibility index (Phi) is 8.06. The minimum absolute atomic E-state index is 0.113. The number of halogens is 4. The highest BCUT2D eigenvalue weighted by Crippen LogP contribution is 2.39. The zero-order valence-electron chi connectivity index (χ0n) is 19.8. The molecule has 1 aliphatic heterocycles. The molecule has 4 rings (SSSR count). The molecule has 5 nitrogen and oxygen atoms in total. The predicted molar refractivity (Wildman–Crippen MR) is 138 cm³/mol. The van der Waals surface area contributed by atoms with E-state index in [-0.39, 0.29) is 22.3 Å². The van der Waals surface area contributed by atoms with Crippen molar-refractivity contribution >= 4 is 40.7 Å². The molecule has 0 spiro atoms. The van der Waals surface area contributed by atoms with Crippen LogP contribution in [-0.2, 0) is 11.6 Å². The molecule has 190 valence electrons. The van der Waals surface area contributed by atoms with Gasteiger partial charge in [-0.1, -0.05) is 49.9 Å². The highest BCUT2D eigenvalue weighted by atomic mass is 35.5. The van der Waals surface area contributed by atoms with E-state index in [4.69, 9.17) is 23.8 Å². The van der Waals surface area contributed by atoms with E-state index in [1.807, 2.05) is 29.2 Å². The van der Waals surface area contributed by atoms with Gasteiger partial charge in [0.15, 0.2) is 10.8 Å². The molecule has 10 heteroatoms. The van der Waals surface area contributed by atoms with Crippen molar-refractivity contribution in [2.45, 2.75) is 63.5 Å². The second-order valence-corrected chi connectivity index (χ2v) is 10.6. The summed E-state index contributed by atoms with van der Waals surface area (Å²) in [5.41, 5.74) is 0.0999. The number of alkyl halides is 3. The lowest BCUT2D eigenvalue weighted by Crippen LogP contribution is -2.43. The maximum Gasteiger partial charge on any atom is 0.433 e. The molecule has 2 aliphatic rings. The number of hydrogen-bond acceptors (Lipinski definition) is 4. The van der Waals surface area contributed by atoms with Crippen LogP contribution in [0.2, 0.25) is 5.02 Å². The van der Waals surface area contributed by atoms with Gasteiger partial charge in [-0.05, 0) is 61.5 Å². The maximum absolute atomic E-state index is 13.6. The Morgan fingerprint density at radius 2 is 1.86 bits per heavy atom. The molecule has 1 saturated carbocycles. The van der Waals surface area contributed by atoms with Gasteiger partial charge in [-0.25, -0.2) is 4.98 Å². The number of nitrogens with zero attached hydrogens (tertiary/aromatic N) is 3. The number of aromatic nitrogens is 2. The van der Waals surface area contributed by atoms with Crippen LogP contribution in [0.3, 0.4) is 0 Å².